The Hall–Kier alpha value is -2.59. The largest absolute Gasteiger partial charge is 0.497 e. The van der Waals surface area contributed by atoms with E-state index in [-0.39, 0.29) is 5.91 Å². The van der Waals surface area contributed by atoms with Crippen LogP contribution in [0.5, 0.6) is 5.75 Å². The van der Waals surface area contributed by atoms with E-state index in [1.165, 1.54) is 10.4 Å². The van der Waals surface area contributed by atoms with Gasteiger partial charge in [0.05, 0.1) is 13.7 Å². The third-order valence-corrected chi connectivity index (χ3v) is 4.91. The minimum absolute atomic E-state index is 0.0855. The highest BCUT2D eigenvalue weighted by Gasteiger charge is 2.02. The predicted molar refractivity (Wildman–Crippen MR) is 100 cm³/mol. The summed E-state index contributed by atoms with van der Waals surface area (Å²) in [4.78, 5) is 13.2. The van der Waals surface area contributed by atoms with Gasteiger partial charge in [0.15, 0.2) is 0 Å². The van der Waals surface area contributed by atoms with Crippen LogP contribution >= 0.6 is 11.3 Å². The van der Waals surface area contributed by atoms with Crippen LogP contribution in [-0.4, -0.2) is 13.0 Å². The molecule has 1 aromatic heterocycles. The first-order valence-electron chi connectivity index (χ1n) is 7.72. The highest BCUT2D eigenvalue weighted by molar-refractivity contribution is 7.10. The first kappa shape index (κ1) is 16.3. The predicted octanol–water partition coefficient (Wildman–Crippen LogP) is 4.55. The zero-order valence-electron chi connectivity index (χ0n) is 13.7. The number of methoxy groups -OCH3 is 1. The first-order chi connectivity index (χ1) is 11.7. The number of hydrogen-bond donors (Lipinski definition) is 1. The van der Waals surface area contributed by atoms with Gasteiger partial charge in [-0.1, -0.05) is 18.2 Å². The second kappa shape index (κ2) is 7.32. The quantitative estimate of drug-likeness (QED) is 0.694. The van der Waals surface area contributed by atoms with E-state index in [1.54, 1.807) is 24.5 Å². The average molecular weight is 337 g/mol. The van der Waals surface area contributed by atoms with Gasteiger partial charge in [0.25, 0.3) is 0 Å². The molecule has 3 rings (SSSR count). The summed E-state index contributed by atoms with van der Waals surface area (Å²) in [6.45, 7) is 2.63. The second-order valence-electron chi connectivity index (χ2n) is 5.55. The molecule has 0 bridgehead atoms. The van der Waals surface area contributed by atoms with Crippen molar-refractivity contribution in [1.29, 1.82) is 0 Å². The Balaban J connectivity index is 1.66. The fourth-order valence-electron chi connectivity index (χ4n) is 2.46. The monoisotopic (exact) mass is 337 g/mol. The smallest absolute Gasteiger partial charge is 0.244 e. The number of nitrogens with one attached hydrogen (secondary N) is 1. The normalized spacial score (nSPS) is 11.1. The van der Waals surface area contributed by atoms with E-state index in [4.69, 9.17) is 4.74 Å². The van der Waals surface area contributed by atoms with Gasteiger partial charge in [0.2, 0.25) is 5.91 Å². The van der Waals surface area contributed by atoms with Crippen molar-refractivity contribution in [2.75, 3.05) is 7.11 Å². The van der Waals surface area contributed by atoms with Crippen LogP contribution in [0.2, 0.25) is 0 Å². The summed E-state index contributed by atoms with van der Waals surface area (Å²) >= 11 is 1.66. The van der Waals surface area contributed by atoms with E-state index >= 15 is 0 Å². The molecule has 24 heavy (non-hydrogen) atoms. The molecule has 0 radical (unpaired) electrons. The summed E-state index contributed by atoms with van der Waals surface area (Å²) in [5.41, 5.74) is 2.21. The van der Waals surface area contributed by atoms with Gasteiger partial charge >= 0.3 is 0 Å². The lowest BCUT2D eigenvalue weighted by molar-refractivity contribution is -0.116. The van der Waals surface area contributed by atoms with E-state index in [0.717, 1.165) is 22.1 Å². The molecule has 2 aromatic carbocycles. The maximum Gasteiger partial charge on any atom is 0.244 e. The van der Waals surface area contributed by atoms with Crippen molar-refractivity contribution in [3.63, 3.8) is 0 Å². The van der Waals surface area contributed by atoms with Crippen LogP contribution in [0.25, 0.3) is 16.8 Å². The van der Waals surface area contributed by atoms with Crippen LogP contribution in [0, 0.1) is 6.92 Å². The van der Waals surface area contributed by atoms with Crippen LogP contribution < -0.4 is 10.1 Å². The van der Waals surface area contributed by atoms with E-state index in [2.05, 4.69) is 24.4 Å². The Morgan fingerprint density at radius 2 is 1.96 bits per heavy atom. The number of carbonyl (C=O) groups excluding carboxylic acids is 1. The van der Waals surface area contributed by atoms with Gasteiger partial charge in [-0.05, 0) is 64.5 Å². The van der Waals surface area contributed by atoms with E-state index in [1.807, 2.05) is 41.8 Å². The summed E-state index contributed by atoms with van der Waals surface area (Å²) < 4.78 is 5.23. The molecule has 0 aliphatic heterocycles. The number of fused-ring (bicyclic) bond motifs is 1. The lowest BCUT2D eigenvalue weighted by Crippen LogP contribution is -2.19. The molecule has 0 aliphatic carbocycles. The summed E-state index contributed by atoms with van der Waals surface area (Å²) in [6.07, 6.45) is 3.41. The van der Waals surface area contributed by atoms with Crippen molar-refractivity contribution in [3.8, 4) is 5.75 Å². The lowest BCUT2D eigenvalue weighted by atomic mass is 10.1. The Labute approximate surface area is 145 Å². The molecule has 122 valence electrons. The van der Waals surface area contributed by atoms with Crippen molar-refractivity contribution >= 4 is 34.1 Å². The van der Waals surface area contributed by atoms with Gasteiger partial charge in [0.1, 0.15) is 5.75 Å². The SMILES string of the molecule is COc1ccc2cc(/C=C\C(=O)NCc3sccc3C)ccc2c1. The molecule has 3 nitrogen and oxygen atoms in total. The Kier molecular flexibility index (Phi) is 4.96. The third kappa shape index (κ3) is 3.84. The molecular formula is C20H19NO2S. The Morgan fingerprint density at radius 3 is 2.71 bits per heavy atom. The molecule has 1 heterocycles. The van der Waals surface area contributed by atoms with E-state index < -0.39 is 0 Å². The van der Waals surface area contributed by atoms with Crippen LogP contribution in [-0.2, 0) is 11.3 Å². The average Bonchev–Trinajstić information content (AvgIpc) is 3.02. The molecule has 1 N–H and O–H groups in total. The van der Waals surface area contributed by atoms with Gasteiger partial charge in [-0.2, -0.15) is 0 Å². The molecule has 0 fully saturated rings. The van der Waals surface area contributed by atoms with Crippen molar-refractivity contribution in [3.05, 3.63) is 69.9 Å². The van der Waals surface area contributed by atoms with Gasteiger partial charge < -0.3 is 10.1 Å². The van der Waals surface area contributed by atoms with E-state index in [0.29, 0.717) is 6.54 Å². The van der Waals surface area contributed by atoms with Gasteiger partial charge in [-0.25, -0.2) is 0 Å². The fraction of sp³-hybridized carbons (Fsp3) is 0.150. The molecule has 0 spiro atoms. The number of carbonyl (C=O) groups is 1. The van der Waals surface area contributed by atoms with Crippen molar-refractivity contribution < 1.29 is 9.53 Å². The molecule has 0 aliphatic rings. The van der Waals surface area contributed by atoms with Crippen molar-refractivity contribution in [2.45, 2.75) is 13.5 Å². The fourth-order valence-corrected chi connectivity index (χ4v) is 3.30. The van der Waals surface area contributed by atoms with Crippen molar-refractivity contribution in [2.24, 2.45) is 0 Å². The Bertz CT molecular complexity index is 896. The lowest BCUT2D eigenvalue weighted by Gasteiger charge is -2.04. The van der Waals surface area contributed by atoms with Crippen LogP contribution in [0.3, 0.4) is 0 Å². The maximum absolute atomic E-state index is 12.0. The molecule has 1 amide bonds. The van der Waals surface area contributed by atoms with Crippen LogP contribution in [0.1, 0.15) is 16.0 Å². The van der Waals surface area contributed by atoms with E-state index in [9.17, 15) is 4.79 Å². The molecule has 3 aromatic rings. The van der Waals surface area contributed by atoms with Crippen LogP contribution in [0.15, 0.2) is 53.9 Å². The minimum Gasteiger partial charge on any atom is -0.497 e. The zero-order valence-corrected chi connectivity index (χ0v) is 14.5. The highest BCUT2D eigenvalue weighted by atomic mass is 32.1. The first-order valence-corrected chi connectivity index (χ1v) is 8.60. The number of hydrogen-bond acceptors (Lipinski definition) is 3. The standard InChI is InChI=1S/C20H19NO2S/c1-14-9-10-24-19(14)13-21-20(22)8-4-15-3-5-17-12-18(23-2)7-6-16(17)11-15/h3-12H,13H2,1-2H3,(H,21,22)/b8-4-. The number of aryl methyl sites for hydroxylation is 1. The molecular weight excluding hydrogens is 318 g/mol. The molecule has 0 atom stereocenters. The number of ether oxygens (including phenoxy) is 1. The molecule has 0 unspecified atom stereocenters. The summed E-state index contributed by atoms with van der Waals surface area (Å²) in [5, 5.41) is 7.19. The Morgan fingerprint density at radius 1 is 1.17 bits per heavy atom. The topological polar surface area (TPSA) is 38.3 Å². The summed E-state index contributed by atoms with van der Waals surface area (Å²) in [6, 6.07) is 14.1. The molecule has 0 saturated heterocycles. The minimum atomic E-state index is -0.0855. The van der Waals surface area contributed by atoms with Gasteiger partial charge in [-0.3, -0.25) is 4.79 Å². The summed E-state index contributed by atoms with van der Waals surface area (Å²) in [5.74, 6) is 0.756. The summed E-state index contributed by atoms with van der Waals surface area (Å²) in [7, 11) is 1.66. The molecule has 4 heteroatoms. The maximum atomic E-state index is 12.0. The second-order valence-corrected chi connectivity index (χ2v) is 6.55. The molecule has 0 saturated carbocycles. The third-order valence-electron chi connectivity index (χ3n) is 3.89. The number of amides is 1. The van der Waals surface area contributed by atoms with Crippen molar-refractivity contribution in [1.82, 2.24) is 5.32 Å². The van der Waals surface area contributed by atoms with Gasteiger partial charge in [-0.15, -0.1) is 11.3 Å². The van der Waals surface area contributed by atoms with Gasteiger partial charge in [0, 0.05) is 11.0 Å². The number of rotatable bonds is 5. The number of benzene rings is 2. The van der Waals surface area contributed by atoms with Crippen LogP contribution in [0.4, 0.5) is 0 Å². The number of thiophene rings is 1. The highest BCUT2D eigenvalue weighted by Crippen LogP contribution is 2.22. The zero-order chi connectivity index (χ0) is 16.9.